The molecule has 1 nitrogen and oxygen atoms in total. The highest BCUT2D eigenvalue weighted by Crippen LogP contribution is 2.22. The Morgan fingerprint density at radius 3 is 2.50 bits per heavy atom. The van der Waals surface area contributed by atoms with Gasteiger partial charge in [0, 0.05) is 11.4 Å². The Kier molecular flexibility index (Phi) is 3.25. The van der Waals surface area contributed by atoms with Crippen LogP contribution in [0.15, 0.2) is 54.8 Å². The Bertz CT molecular complexity index is 435. The van der Waals surface area contributed by atoms with Crippen LogP contribution in [0.1, 0.15) is 25.3 Å². The second-order valence-electron chi connectivity index (χ2n) is 4.12. The Labute approximate surface area is 97.2 Å². The summed E-state index contributed by atoms with van der Waals surface area (Å²) in [5.74, 6) is 0. The van der Waals surface area contributed by atoms with Gasteiger partial charge in [-0.05, 0) is 43.0 Å². The summed E-state index contributed by atoms with van der Waals surface area (Å²) in [6.07, 6.45) is 9.04. The van der Waals surface area contributed by atoms with Crippen molar-refractivity contribution < 1.29 is 0 Å². The number of hydrogen-bond donors (Lipinski definition) is 1. The molecule has 0 heterocycles. The first-order chi connectivity index (χ1) is 7.75. The molecular formula is C15H17N. The smallest absolute Gasteiger partial charge is 0.0381 e. The highest BCUT2D eigenvalue weighted by Gasteiger charge is 2.00. The molecule has 1 aromatic rings. The maximum Gasteiger partial charge on any atom is 0.0381 e. The third-order valence-electron chi connectivity index (χ3n) is 2.57. The van der Waals surface area contributed by atoms with Gasteiger partial charge in [0.15, 0.2) is 0 Å². The molecule has 0 fully saturated rings. The molecule has 0 radical (unpaired) electrons. The van der Waals surface area contributed by atoms with Crippen LogP contribution in [0.3, 0.4) is 0 Å². The van der Waals surface area contributed by atoms with Crippen molar-refractivity contribution in [2.45, 2.75) is 19.8 Å². The molecule has 0 aliphatic heterocycles. The predicted octanol–water partition coefficient (Wildman–Crippen LogP) is 4.37. The molecule has 1 aliphatic carbocycles. The van der Waals surface area contributed by atoms with Crippen LogP contribution < -0.4 is 5.32 Å². The van der Waals surface area contributed by atoms with E-state index in [0.717, 1.165) is 17.8 Å². The predicted molar refractivity (Wildman–Crippen MR) is 71.2 cm³/mol. The standard InChI is InChI=1S/C15H17N/c1-12(2)16-15-10-8-14(9-11-15)13-6-4-3-5-7-13/h4,6-11,16H,1,3,5H2,2H3. The van der Waals surface area contributed by atoms with Crippen molar-refractivity contribution in [3.05, 3.63) is 60.3 Å². The van der Waals surface area contributed by atoms with Crippen molar-refractivity contribution in [2.75, 3.05) is 5.32 Å². The summed E-state index contributed by atoms with van der Waals surface area (Å²) in [4.78, 5) is 0. The number of benzene rings is 1. The lowest BCUT2D eigenvalue weighted by atomic mass is 9.99. The minimum Gasteiger partial charge on any atom is -0.360 e. The summed E-state index contributed by atoms with van der Waals surface area (Å²) < 4.78 is 0. The van der Waals surface area contributed by atoms with Crippen LogP contribution in [0.2, 0.25) is 0 Å². The molecule has 0 amide bonds. The minimum atomic E-state index is 0.963. The fourth-order valence-corrected chi connectivity index (χ4v) is 1.82. The van der Waals surface area contributed by atoms with Gasteiger partial charge in [0.05, 0.1) is 0 Å². The highest BCUT2D eigenvalue weighted by atomic mass is 14.9. The van der Waals surface area contributed by atoms with Gasteiger partial charge in [-0.3, -0.25) is 0 Å². The van der Waals surface area contributed by atoms with E-state index in [1.54, 1.807) is 0 Å². The molecule has 0 unspecified atom stereocenters. The first-order valence-corrected chi connectivity index (χ1v) is 5.65. The van der Waals surface area contributed by atoms with Crippen molar-refractivity contribution in [2.24, 2.45) is 0 Å². The molecule has 1 heteroatoms. The summed E-state index contributed by atoms with van der Waals surface area (Å²) >= 11 is 0. The van der Waals surface area contributed by atoms with E-state index >= 15 is 0 Å². The molecule has 0 saturated heterocycles. The molecule has 0 bridgehead atoms. The topological polar surface area (TPSA) is 12.0 Å². The first kappa shape index (κ1) is 10.7. The average molecular weight is 211 g/mol. The maximum atomic E-state index is 3.83. The highest BCUT2D eigenvalue weighted by molar-refractivity contribution is 5.75. The number of nitrogens with one attached hydrogen (secondary N) is 1. The zero-order chi connectivity index (χ0) is 11.4. The van der Waals surface area contributed by atoms with Crippen molar-refractivity contribution >= 4 is 11.3 Å². The molecule has 0 atom stereocenters. The summed E-state index contributed by atoms with van der Waals surface area (Å²) in [6.45, 7) is 5.79. The summed E-state index contributed by atoms with van der Waals surface area (Å²) in [5.41, 5.74) is 4.66. The van der Waals surface area contributed by atoms with E-state index in [4.69, 9.17) is 0 Å². The van der Waals surface area contributed by atoms with E-state index < -0.39 is 0 Å². The van der Waals surface area contributed by atoms with Gasteiger partial charge < -0.3 is 5.32 Å². The lowest BCUT2D eigenvalue weighted by Gasteiger charge is -2.09. The van der Waals surface area contributed by atoms with Crippen LogP contribution in [0.5, 0.6) is 0 Å². The van der Waals surface area contributed by atoms with E-state index in [1.807, 2.05) is 6.92 Å². The summed E-state index contributed by atoms with van der Waals surface area (Å²) in [5, 5.41) is 3.20. The van der Waals surface area contributed by atoms with E-state index in [1.165, 1.54) is 17.6 Å². The number of allylic oxidation sites excluding steroid dienone is 5. The van der Waals surface area contributed by atoms with Gasteiger partial charge in [-0.1, -0.05) is 36.9 Å². The van der Waals surface area contributed by atoms with Crippen molar-refractivity contribution in [3.63, 3.8) is 0 Å². The Balaban J connectivity index is 2.15. The SMILES string of the molecule is C=C(C)Nc1ccc(C2=CCCC=C2)cc1. The Morgan fingerprint density at radius 1 is 1.19 bits per heavy atom. The van der Waals surface area contributed by atoms with Gasteiger partial charge in [-0.25, -0.2) is 0 Å². The van der Waals surface area contributed by atoms with Crippen LogP contribution >= 0.6 is 0 Å². The van der Waals surface area contributed by atoms with Gasteiger partial charge in [0.1, 0.15) is 0 Å². The van der Waals surface area contributed by atoms with Crippen molar-refractivity contribution in [1.29, 1.82) is 0 Å². The monoisotopic (exact) mass is 211 g/mol. The Hall–Kier alpha value is -1.76. The van der Waals surface area contributed by atoms with Gasteiger partial charge in [0.2, 0.25) is 0 Å². The third kappa shape index (κ3) is 2.63. The largest absolute Gasteiger partial charge is 0.360 e. The van der Waals surface area contributed by atoms with Crippen LogP contribution in [-0.4, -0.2) is 0 Å². The summed E-state index contributed by atoms with van der Waals surface area (Å²) in [6, 6.07) is 8.47. The zero-order valence-electron chi connectivity index (χ0n) is 9.66. The van der Waals surface area contributed by atoms with Crippen molar-refractivity contribution in [3.8, 4) is 0 Å². The van der Waals surface area contributed by atoms with Gasteiger partial charge >= 0.3 is 0 Å². The second-order valence-corrected chi connectivity index (χ2v) is 4.12. The molecule has 1 aliphatic rings. The van der Waals surface area contributed by atoms with Gasteiger partial charge in [-0.15, -0.1) is 0 Å². The molecule has 0 saturated carbocycles. The van der Waals surface area contributed by atoms with Crippen LogP contribution in [0.4, 0.5) is 5.69 Å². The Morgan fingerprint density at radius 2 is 1.94 bits per heavy atom. The fraction of sp³-hybridized carbons (Fsp3) is 0.200. The lowest BCUT2D eigenvalue weighted by Crippen LogP contribution is -1.93. The molecular weight excluding hydrogens is 194 g/mol. The van der Waals surface area contributed by atoms with Crippen molar-refractivity contribution in [1.82, 2.24) is 0 Å². The lowest BCUT2D eigenvalue weighted by molar-refractivity contribution is 1.04. The average Bonchev–Trinajstić information content (AvgIpc) is 2.30. The minimum absolute atomic E-state index is 0.963. The summed E-state index contributed by atoms with van der Waals surface area (Å²) in [7, 11) is 0. The molecule has 16 heavy (non-hydrogen) atoms. The molecule has 0 aromatic heterocycles. The van der Waals surface area contributed by atoms with E-state index in [2.05, 4.69) is 54.4 Å². The molecule has 82 valence electrons. The molecule has 1 aromatic carbocycles. The first-order valence-electron chi connectivity index (χ1n) is 5.65. The quantitative estimate of drug-likeness (QED) is 0.783. The van der Waals surface area contributed by atoms with E-state index in [-0.39, 0.29) is 0 Å². The van der Waals surface area contributed by atoms with Crippen LogP contribution in [0.25, 0.3) is 5.57 Å². The number of hydrogen-bond acceptors (Lipinski definition) is 1. The molecule has 2 rings (SSSR count). The van der Waals surface area contributed by atoms with E-state index in [9.17, 15) is 0 Å². The van der Waals surface area contributed by atoms with Gasteiger partial charge in [-0.2, -0.15) is 0 Å². The number of rotatable bonds is 3. The maximum absolute atomic E-state index is 3.83. The van der Waals surface area contributed by atoms with Gasteiger partial charge in [0.25, 0.3) is 0 Å². The van der Waals surface area contributed by atoms with Crippen LogP contribution in [-0.2, 0) is 0 Å². The molecule has 0 spiro atoms. The second kappa shape index (κ2) is 4.84. The fourth-order valence-electron chi connectivity index (χ4n) is 1.82. The van der Waals surface area contributed by atoms with Crippen LogP contribution in [0, 0.1) is 0 Å². The molecule has 1 N–H and O–H groups in total. The third-order valence-corrected chi connectivity index (χ3v) is 2.57. The normalized spacial score (nSPS) is 14.4. The van der Waals surface area contributed by atoms with E-state index in [0.29, 0.717) is 0 Å². The number of anilines is 1. The zero-order valence-corrected chi connectivity index (χ0v) is 9.66.